The van der Waals surface area contributed by atoms with Crippen LogP contribution in [0.25, 0.3) is 0 Å². The predicted molar refractivity (Wildman–Crippen MR) is 107 cm³/mol. The van der Waals surface area contributed by atoms with Gasteiger partial charge < -0.3 is 19.8 Å². The second kappa shape index (κ2) is 10.00. The van der Waals surface area contributed by atoms with Crippen LogP contribution in [-0.2, 0) is 4.74 Å². The third-order valence-electron chi connectivity index (χ3n) is 5.53. The summed E-state index contributed by atoms with van der Waals surface area (Å²) in [5.74, 6) is 0. The topological polar surface area (TPSA) is 54.1 Å². The van der Waals surface area contributed by atoms with Crippen LogP contribution in [-0.4, -0.2) is 48.7 Å². The Hall–Kier alpha value is -1.72. The van der Waals surface area contributed by atoms with Crippen LogP contribution in [0.15, 0.2) is 54.6 Å². The van der Waals surface area contributed by atoms with E-state index in [0.717, 1.165) is 30.5 Å². The molecule has 0 aromatic heterocycles. The molecule has 2 aromatic carbocycles. The Morgan fingerprint density at radius 3 is 2.44 bits per heavy atom. The zero-order valence-electron chi connectivity index (χ0n) is 16.2. The van der Waals surface area contributed by atoms with Gasteiger partial charge in [-0.25, -0.2) is 0 Å². The van der Waals surface area contributed by atoms with Gasteiger partial charge in [0.05, 0.1) is 19.8 Å². The molecule has 4 heteroatoms. The Balaban J connectivity index is 1.64. The monoisotopic (exact) mass is 370 g/mol. The summed E-state index contributed by atoms with van der Waals surface area (Å²) in [5, 5.41) is 20.2. The normalized spacial score (nSPS) is 22.3. The first kappa shape index (κ1) is 20.0. The van der Waals surface area contributed by atoms with Crippen LogP contribution in [0, 0.1) is 6.92 Å². The highest BCUT2D eigenvalue weighted by Crippen LogP contribution is 2.26. The maximum atomic E-state index is 10.6. The van der Waals surface area contributed by atoms with Gasteiger partial charge in [-0.2, -0.15) is 0 Å². The summed E-state index contributed by atoms with van der Waals surface area (Å²) >= 11 is 0. The number of quaternary nitrogens is 1. The van der Waals surface area contributed by atoms with Gasteiger partial charge in [0.25, 0.3) is 0 Å². The summed E-state index contributed by atoms with van der Waals surface area (Å²) in [7, 11) is 0. The van der Waals surface area contributed by atoms with E-state index < -0.39 is 6.10 Å². The van der Waals surface area contributed by atoms with Crippen LogP contribution < -0.4 is 4.90 Å². The fourth-order valence-corrected chi connectivity index (χ4v) is 3.96. The van der Waals surface area contributed by atoms with Crippen molar-refractivity contribution in [2.75, 3.05) is 26.3 Å². The molecule has 1 fully saturated rings. The second-order valence-electron chi connectivity index (χ2n) is 7.68. The van der Waals surface area contributed by atoms with Crippen molar-refractivity contribution < 1.29 is 19.8 Å². The highest BCUT2D eigenvalue weighted by Gasteiger charge is 2.28. The van der Waals surface area contributed by atoms with Gasteiger partial charge in [-0.05, 0) is 30.9 Å². The number of likely N-dealkylation sites (tertiary alicyclic amines) is 1. The summed E-state index contributed by atoms with van der Waals surface area (Å²) in [6.45, 7) is 4.20. The quantitative estimate of drug-likeness (QED) is 0.665. The van der Waals surface area contributed by atoms with E-state index in [1.54, 1.807) is 0 Å². The number of aryl methyl sites for hydroxylation is 1. The van der Waals surface area contributed by atoms with Gasteiger partial charge in [0.1, 0.15) is 24.8 Å². The molecule has 146 valence electrons. The lowest BCUT2D eigenvalue weighted by atomic mass is 10.0. The van der Waals surface area contributed by atoms with Gasteiger partial charge >= 0.3 is 0 Å². The minimum atomic E-state index is -0.538. The highest BCUT2D eigenvalue weighted by molar-refractivity contribution is 5.31. The fraction of sp³-hybridized carbons (Fsp3) is 0.478. The van der Waals surface area contributed by atoms with Gasteiger partial charge in [-0.1, -0.05) is 60.2 Å². The van der Waals surface area contributed by atoms with Crippen LogP contribution >= 0.6 is 0 Å². The Morgan fingerprint density at radius 1 is 1.04 bits per heavy atom. The lowest BCUT2D eigenvalue weighted by Crippen LogP contribution is -3.18. The molecule has 0 aliphatic carbocycles. The van der Waals surface area contributed by atoms with Crippen molar-refractivity contribution in [2.24, 2.45) is 0 Å². The average molecular weight is 371 g/mol. The number of piperidine rings is 1. The van der Waals surface area contributed by atoms with Gasteiger partial charge in [-0.3, -0.25) is 0 Å². The van der Waals surface area contributed by atoms with Crippen LogP contribution in [0.3, 0.4) is 0 Å². The number of aliphatic hydroxyl groups excluding tert-OH is 2. The number of hydrogen-bond donors (Lipinski definition) is 3. The molecule has 0 saturated carbocycles. The first-order valence-corrected chi connectivity index (χ1v) is 10.0. The van der Waals surface area contributed by atoms with E-state index in [-0.39, 0.29) is 25.4 Å². The average Bonchev–Trinajstić information content (AvgIpc) is 2.70. The van der Waals surface area contributed by atoms with Gasteiger partial charge in [0.15, 0.2) is 0 Å². The smallest absolute Gasteiger partial charge is 0.126 e. The minimum Gasteiger partial charge on any atom is -0.390 e. The van der Waals surface area contributed by atoms with Crippen LogP contribution in [0.1, 0.15) is 42.1 Å². The second-order valence-corrected chi connectivity index (χ2v) is 7.68. The molecule has 0 bridgehead atoms. The summed E-state index contributed by atoms with van der Waals surface area (Å²) in [4.78, 5) is 1.30. The molecule has 0 amide bonds. The van der Waals surface area contributed by atoms with E-state index in [1.165, 1.54) is 16.9 Å². The molecule has 1 saturated heterocycles. The third kappa shape index (κ3) is 5.63. The SMILES string of the molecule is Cc1ccc([C@H](OC[C@H](O)C[NH+]2CCCC[C@@H]2CO)c2ccccc2)cc1. The third-order valence-corrected chi connectivity index (χ3v) is 5.53. The molecular formula is C23H32NO3+. The van der Waals surface area contributed by atoms with Crippen molar-refractivity contribution in [3.05, 3.63) is 71.3 Å². The van der Waals surface area contributed by atoms with Crippen molar-refractivity contribution >= 4 is 0 Å². The molecule has 3 N–H and O–H groups in total. The molecule has 1 aliphatic rings. The number of hydrogen-bond acceptors (Lipinski definition) is 3. The number of aliphatic hydroxyl groups is 2. The molecule has 1 unspecified atom stereocenters. The fourth-order valence-electron chi connectivity index (χ4n) is 3.96. The standard InChI is InChI=1S/C23H31NO3/c1-18-10-12-20(13-11-18)23(19-7-3-2-4-8-19)27-17-22(26)15-24-14-6-5-9-21(24)16-25/h2-4,7-8,10-13,21-23,25-26H,5-6,9,14-17H2,1H3/p+1/t21-,22-,23-/m1/s1. The molecular weight excluding hydrogens is 338 g/mol. The molecule has 4 nitrogen and oxygen atoms in total. The highest BCUT2D eigenvalue weighted by atomic mass is 16.5. The molecule has 4 atom stereocenters. The maximum Gasteiger partial charge on any atom is 0.126 e. The molecule has 27 heavy (non-hydrogen) atoms. The zero-order chi connectivity index (χ0) is 19.1. The minimum absolute atomic E-state index is 0.188. The van der Waals surface area contributed by atoms with Crippen molar-refractivity contribution in [1.29, 1.82) is 0 Å². The summed E-state index contributed by atoms with van der Waals surface area (Å²) in [6, 6.07) is 18.8. The Kier molecular flexibility index (Phi) is 7.41. The molecule has 2 aromatic rings. The van der Waals surface area contributed by atoms with Gasteiger partial charge in [-0.15, -0.1) is 0 Å². The van der Waals surface area contributed by atoms with E-state index >= 15 is 0 Å². The van der Waals surface area contributed by atoms with Crippen molar-refractivity contribution in [3.63, 3.8) is 0 Å². The predicted octanol–water partition coefficient (Wildman–Crippen LogP) is 1.89. The summed E-state index contributed by atoms with van der Waals surface area (Å²) in [5.41, 5.74) is 3.40. The first-order chi connectivity index (χ1) is 13.2. The molecule has 1 aliphatic heterocycles. The van der Waals surface area contributed by atoms with Crippen molar-refractivity contribution in [3.8, 4) is 0 Å². The zero-order valence-corrected chi connectivity index (χ0v) is 16.2. The molecule has 0 radical (unpaired) electrons. The molecule has 0 spiro atoms. The Labute approximate surface area is 162 Å². The first-order valence-electron chi connectivity index (χ1n) is 10.0. The molecule has 3 rings (SSSR count). The van der Waals surface area contributed by atoms with E-state index in [2.05, 4.69) is 43.3 Å². The molecule has 1 heterocycles. The lowest BCUT2D eigenvalue weighted by molar-refractivity contribution is -0.934. The number of benzene rings is 2. The van der Waals surface area contributed by atoms with Gasteiger partial charge in [0, 0.05) is 6.42 Å². The lowest BCUT2D eigenvalue weighted by Gasteiger charge is -2.33. The van der Waals surface area contributed by atoms with Crippen molar-refractivity contribution in [2.45, 2.75) is 44.4 Å². The van der Waals surface area contributed by atoms with Crippen LogP contribution in [0.5, 0.6) is 0 Å². The number of nitrogens with one attached hydrogen (secondary N) is 1. The van der Waals surface area contributed by atoms with E-state index in [4.69, 9.17) is 4.74 Å². The van der Waals surface area contributed by atoms with Crippen molar-refractivity contribution in [1.82, 2.24) is 0 Å². The van der Waals surface area contributed by atoms with E-state index in [9.17, 15) is 10.2 Å². The van der Waals surface area contributed by atoms with E-state index in [0.29, 0.717) is 6.54 Å². The van der Waals surface area contributed by atoms with Crippen LogP contribution in [0.2, 0.25) is 0 Å². The largest absolute Gasteiger partial charge is 0.390 e. The summed E-state index contributed by atoms with van der Waals surface area (Å²) < 4.78 is 6.20. The maximum absolute atomic E-state index is 10.6. The van der Waals surface area contributed by atoms with Crippen LogP contribution in [0.4, 0.5) is 0 Å². The Morgan fingerprint density at radius 2 is 1.74 bits per heavy atom. The number of rotatable bonds is 8. The van der Waals surface area contributed by atoms with E-state index in [1.807, 2.05) is 18.2 Å². The summed E-state index contributed by atoms with van der Waals surface area (Å²) in [6.07, 6.45) is 2.64. The Bertz CT molecular complexity index is 674. The number of ether oxygens (including phenoxy) is 1. The van der Waals surface area contributed by atoms with Gasteiger partial charge in [0.2, 0.25) is 0 Å².